The van der Waals surface area contributed by atoms with E-state index in [1.54, 1.807) is 0 Å². The fourth-order valence-electron chi connectivity index (χ4n) is 1.13. The number of carbonyl (C=O) groups is 2. The lowest BCUT2D eigenvalue weighted by Gasteiger charge is -2.12. The number of aliphatic carboxylic acids is 1. The molecule has 0 aliphatic carbocycles. The van der Waals surface area contributed by atoms with Crippen LogP contribution in [-0.4, -0.2) is 35.6 Å². The summed E-state index contributed by atoms with van der Waals surface area (Å²) in [4.78, 5) is 21.4. The smallest absolute Gasteiger partial charge is 0.320 e. The molecule has 1 heterocycles. The van der Waals surface area contributed by atoms with Crippen LogP contribution in [0.2, 0.25) is 0 Å². The molecule has 1 aliphatic rings. The van der Waals surface area contributed by atoms with E-state index in [1.807, 2.05) is 0 Å². The largest absolute Gasteiger partial charge is 0.480 e. The Morgan fingerprint density at radius 2 is 2.38 bits per heavy atom. The molecule has 5 nitrogen and oxygen atoms in total. The Bertz CT molecular complexity index is 210. The van der Waals surface area contributed by atoms with Crippen molar-refractivity contribution in [3.8, 4) is 0 Å². The van der Waals surface area contributed by atoms with Crippen molar-refractivity contribution in [3.05, 3.63) is 0 Å². The van der Waals surface area contributed by atoms with Gasteiger partial charge in [-0.3, -0.25) is 14.9 Å². The fourth-order valence-corrected chi connectivity index (χ4v) is 1.13. The van der Waals surface area contributed by atoms with Gasteiger partial charge in [-0.05, 0) is 13.3 Å². The Balaban J connectivity index is 0.00000144. The van der Waals surface area contributed by atoms with Crippen LogP contribution >= 0.6 is 12.4 Å². The highest BCUT2D eigenvalue weighted by molar-refractivity contribution is 5.85. The zero-order chi connectivity index (χ0) is 9.14. The van der Waals surface area contributed by atoms with Gasteiger partial charge in [-0.1, -0.05) is 0 Å². The fraction of sp³-hybridized carbons (Fsp3) is 0.714. The maximum atomic E-state index is 11.0. The van der Waals surface area contributed by atoms with Crippen LogP contribution in [0.3, 0.4) is 0 Å². The Labute approximate surface area is 82.3 Å². The van der Waals surface area contributed by atoms with Gasteiger partial charge < -0.3 is 10.4 Å². The lowest BCUT2D eigenvalue weighted by Crippen LogP contribution is -2.44. The molecule has 0 aromatic rings. The Morgan fingerprint density at radius 1 is 1.77 bits per heavy atom. The first-order valence-electron chi connectivity index (χ1n) is 3.88. The van der Waals surface area contributed by atoms with E-state index in [0.29, 0.717) is 13.0 Å². The van der Waals surface area contributed by atoms with Crippen molar-refractivity contribution < 1.29 is 14.7 Å². The van der Waals surface area contributed by atoms with E-state index >= 15 is 0 Å². The van der Waals surface area contributed by atoms with E-state index < -0.39 is 12.0 Å². The van der Waals surface area contributed by atoms with Crippen LogP contribution < -0.4 is 10.6 Å². The Hall–Kier alpha value is -0.810. The molecular formula is C7H13ClN2O3. The van der Waals surface area contributed by atoms with Gasteiger partial charge in [-0.15, -0.1) is 12.4 Å². The molecule has 3 N–H and O–H groups in total. The number of carboxylic acid groups (broad SMARTS) is 1. The number of halogens is 1. The van der Waals surface area contributed by atoms with Gasteiger partial charge in [-0.2, -0.15) is 0 Å². The average molecular weight is 209 g/mol. The molecule has 1 rings (SSSR count). The molecule has 0 saturated carbocycles. The molecule has 6 heteroatoms. The van der Waals surface area contributed by atoms with E-state index in [9.17, 15) is 9.59 Å². The van der Waals surface area contributed by atoms with Gasteiger partial charge in [0.1, 0.15) is 6.04 Å². The molecule has 0 spiro atoms. The minimum Gasteiger partial charge on any atom is -0.480 e. The summed E-state index contributed by atoms with van der Waals surface area (Å²) in [6.07, 6.45) is 0.663. The topological polar surface area (TPSA) is 78.4 Å². The van der Waals surface area contributed by atoms with Crippen LogP contribution in [0.25, 0.3) is 0 Å². The summed E-state index contributed by atoms with van der Waals surface area (Å²) in [7, 11) is 0. The summed E-state index contributed by atoms with van der Waals surface area (Å²) in [6.45, 7) is 2.15. The third-order valence-electron chi connectivity index (χ3n) is 1.87. The zero-order valence-electron chi connectivity index (χ0n) is 7.24. The van der Waals surface area contributed by atoms with Gasteiger partial charge in [-0.25, -0.2) is 0 Å². The lowest BCUT2D eigenvalue weighted by molar-refractivity contribution is -0.139. The summed E-state index contributed by atoms with van der Waals surface area (Å²) < 4.78 is 0. The van der Waals surface area contributed by atoms with E-state index in [1.165, 1.54) is 6.92 Å². The molecule has 0 radical (unpaired) electrons. The molecule has 1 saturated heterocycles. The van der Waals surface area contributed by atoms with Crippen molar-refractivity contribution in [2.24, 2.45) is 0 Å². The van der Waals surface area contributed by atoms with E-state index in [-0.39, 0.29) is 24.4 Å². The van der Waals surface area contributed by atoms with Crippen LogP contribution in [-0.2, 0) is 9.59 Å². The normalized spacial score (nSPS) is 23.2. The second kappa shape index (κ2) is 5.04. The molecule has 0 bridgehead atoms. The number of nitrogens with one attached hydrogen (secondary N) is 2. The number of amides is 1. The minimum absolute atomic E-state index is 0. The van der Waals surface area contributed by atoms with Crippen molar-refractivity contribution in [3.63, 3.8) is 0 Å². The number of hydrogen-bond donors (Lipinski definition) is 3. The quantitative estimate of drug-likeness (QED) is 0.577. The third-order valence-corrected chi connectivity index (χ3v) is 1.87. The molecular weight excluding hydrogens is 196 g/mol. The maximum absolute atomic E-state index is 11.0. The van der Waals surface area contributed by atoms with Crippen LogP contribution in [0, 0.1) is 0 Å². The second-order valence-electron chi connectivity index (χ2n) is 2.86. The van der Waals surface area contributed by atoms with E-state index in [4.69, 9.17) is 5.11 Å². The van der Waals surface area contributed by atoms with Gasteiger partial charge >= 0.3 is 5.97 Å². The molecule has 1 aliphatic heterocycles. The van der Waals surface area contributed by atoms with Crippen LogP contribution in [0.4, 0.5) is 0 Å². The number of rotatable bonds is 3. The molecule has 1 unspecified atom stereocenters. The predicted molar refractivity (Wildman–Crippen MR) is 48.9 cm³/mol. The van der Waals surface area contributed by atoms with E-state index in [0.717, 1.165) is 0 Å². The van der Waals surface area contributed by atoms with Crippen molar-refractivity contribution in [2.45, 2.75) is 25.4 Å². The van der Waals surface area contributed by atoms with Crippen molar-refractivity contribution >= 4 is 24.3 Å². The maximum Gasteiger partial charge on any atom is 0.320 e. The predicted octanol–water partition coefficient (Wildman–Crippen LogP) is -0.641. The standard InChI is InChI=1S/C7H12N2O3.ClH/c1-4(7(11)12)9-5-2-3-8-6(5)10;/h4-5,9H,2-3H2,1H3,(H,8,10)(H,11,12);1H/t4-,5?;/m0./s1. The number of carboxylic acids is 1. The van der Waals surface area contributed by atoms with Crippen molar-refractivity contribution in [1.82, 2.24) is 10.6 Å². The molecule has 1 fully saturated rings. The molecule has 2 atom stereocenters. The molecule has 76 valence electrons. The Morgan fingerprint density at radius 3 is 2.77 bits per heavy atom. The summed E-state index contributed by atoms with van der Waals surface area (Å²) in [5, 5.41) is 13.9. The first-order valence-corrected chi connectivity index (χ1v) is 3.88. The minimum atomic E-state index is -0.935. The first-order chi connectivity index (χ1) is 5.61. The second-order valence-corrected chi connectivity index (χ2v) is 2.86. The van der Waals surface area contributed by atoms with Crippen LogP contribution in [0.5, 0.6) is 0 Å². The van der Waals surface area contributed by atoms with Gasteiger partial charge in [0.25, 0.3) is 0 Å². The Kier molecular flexibility index (Phi) is 4.72. The summed E-state index contributed by atoms with van der Waals surface area (Å²) >= 11 is 0. The number of carbonyl (C=O) groups excluding carboxylic acids is 1. The average Bonchev–Trinajstić information content (AvgIpc) is 2.36. The van der Waals surface area contributed by atoms with Crippen molar-refractivity contribution in [2.75, 3.05) is 6.54 Å². The van der Waals surface area contributed by atoms with Crippen LogP contribution in [0.1, 0.15) is 13.3 Å². The SMILES string of the molecule is C[C@H](NC1CCNC1=O)C(=O)O.Cl. The molecule has 13 heavy (non-hydrogen) atoms. The van der Waals surface area contributed by atoms with Crippen LogP contribution in [0.15, 0.2) is 0 Å². The first kappa shape index (κ1) is 12.2. The molecule has 1 amide bonds. The third kappa shape index (κ3) is 3.20. The highest BCUT2D eigenvalue weighted by Crippen LogP contribution is 2.00. The zero-order valence-corrected chi connectivity index (χ0v) is 8.06. The summed E-state index contributed by atoms with van der Waals surface area (Å²) in [6, 6.07) is -1.00. The summed E-state index contributed by atoms with van der Waals surface area (Å²) in [5.41, 5.74) is 0. The van der Waals surface area contributed by atoms with E-state index in [2.05, 4.69) is 10.6 Å². The summed E-state index contributed by atoms with van der Waals surface area (Å²) in [5.74, 6) is -1.04. The highest BCUT2D eigenvalue weighted by Gasteiger charge is 2.26. The van der Waals surface area contributed by atoms with Crippen molar-refractivity contribution in [1.29, 1.82) is 0 Å². The van der Waals surface area contributed by atoms with Gasteiger partial charge in [0.05, 0.1) is 6.04 Å². The number of hydrogen-bond acceptors (Lipinski definition) is 3. The monoisotopic (exact) mass is 208 g/mol. The molecule has 0 aromatic carbocycles. The van der Waals surface area contributed by atoms with Gasteiger partial charge in [0.15, 0.2) is 0 Å². The molecule has 0 aromatic heterocycles. The highest BCUT2D eigenvalue weighted by atomic mass is 35.5. The lowest BCUT2D eigenvalue weighted by atomic mass is 10.2. The van der Waals surface area contributed by atoms with Gasteiger partial charge in [0, 0.05) is 6.54 Å². The van der Waals surface area contributed by atoms with Gasteiger partial charge in [0.2, 0.25) is 5.91 Å².